The second-order valence-corrected chi connectivity index (χ2v) is 3.57. The third-order valence-corrected chi connectivity index (χ3v) is 2.31. The van der Waals surface area contributed by atoms with Gasteiger partial charge in [0.2, 0.25) is 5.91 Å². The van der Waals surface area contributed by atoms with Crippen LogP contribution in [0.4, 0.5) is 5.69 Å². The molecule has 0 spiro atoms. The Hall–Kier alpha value is -1.89. The van der Waals surface area contributed by atoms with Crippen molar-refractivity contribution in [2.75, 3.05) is 18.4 Å². The molecule has 1 amide bonds. The number of rotatable bonds is 6. The number of nitrogens with one attached hydrogen (secondary N) is 1. The summed E-state index contributed by atoms with van der Waals surface area (Å²) in [6.45, 7) is 2.78. The van der Waals surface area contributed by atoms with E-state index in [1.807, 2.05) is 0 Å². The molecule has 0 aromatic carbocycles. The molecular weight excluding hydrogens is 222 g/mol. The van der Waals surface area contributed by atoms with Crippen LogP contribution in [0, 0.1) is 0 Å². The van der Waals surface area contributed by atoms with Crippen LogP contribution in [0.15, 0.2) is 17.1 Å². The van der Waals surface area contributed by atoms with E-state index in [0.29, 0.717) is 25.2 Å². The van der Waals surface area contributed by atoms with Gasteiger partial charge in [0.15, 0.2) is 0 Å². The molecule has 1 unspecified atom stereocenters. The molecule has 7 heteroatoms. The second kappa shape index (κ2) is 6.00. The number of anilines is 1. The average molecular weight is 239 g/mol. The summed E-state index contributed by atoms with van der Waals surface area (Å²) in [5.74, 6) is -0.565. The van der Waals surface area contributed by atoms with Crippen LogP contribution in [-0.4, -0.2) is 28.8 Å². The van der Waals surface area contributed by atoms with Gasteiger partial charge in [-0.15, -0.1) is 0 Å². The van der Waals surface area contributed by atoms with Crippen LogP contribution in [0.1, 0.15) is 19.4 Å². The van der Waals surface area contributed by atoms with Crippen molar-refractivity contribution in [3.05, 3.63) is 22.6 Å². The van der Waals surface area contributed by atoms with Gasteiger partial charge in [-0.05, 0) is 6.42 Å². The van der Waals surface area contributed by atoms with Gasteiger partial charge in [-0.1, -0.05) is 6.92 Å². The lowest BCUT2D eigenvalue weighted by molar-refractivity contribution is -0.121. The van der Waals surface area contributed by atoms with E-state index in [1.54, 1.807) is 6.92 Å². The molecule has 0 aliphatic carbocycles. The van der Waals surface area contributed by atoms with Gasteiger partial charge in [0.25, 0.3) is 5.56 Å². The number of primary amides is 1. The first kappa shape index (κ1) is 13.2. The van der Waals surface area contributed by atoms with E-state index in [4.69, 9.17) is 11.5 Å². The van der Waals surface area contributed by atoms with Crippen molar-refractivity contribution in [1.29, 1.82) is 0 Å². The number of nitrogens with zero attached hydrogens (tertiary/aromatic N) is 2. The van der Waals surface area contributed by atoms with Crippen molar-refractivity contribution < 1.29 is 4.79 Å². The zero-order chi connectivity index (χ0) is 12.8. The van der Waals surface area contributed by atoms with E-state index in [-0.39, 0.29) is 5.56 Å². The predicted molar refractivity (Wildman–Crippen MR) is 64.6 cm³/mol. The zero-order valence-electron chi connectivity index (χ0n) is 9.72. The highest BCUT2D eigenvalue weighted by Crippen LogP contribution is 2.07. The van der Waals surface area contributed by atoms with E-state index < -0.39 is 11.9 Å². The van der Waals surface area contributed by atoms with Crippen LogP contribution in [-0.2, 0) is 4.79 Å². The Kier molecular flexibility index (Phi) is 4.65. The van der Waals surface area contributed by atoms with E-state index in [2.05, 4.69) is 10.4 Å². The maximum Gasteiger partial charge on any atom is 0.269 e. The van der Waals surface area contributed by atoms with Crippen molar-refractivity contribution in [2.24, 2.45) is 11.5 Å². The standard InChI is InChI=1S/C10H17N5O2/c1-2-8(10(12)17)15-9(16)5-7(6-14-15)13-4-3-11/h5-6,8,13H,2-4,11H2,1H3,(H2,12,17). The summed E-state index contributed by atoms with van der Waals surface area (Å²) < 4.78 is 1.09. The minimum absolute atomic E-state index is 0.363. The summed E-state index contributed by atoms with van der Waals surface area (Å²) in [6, 6.07) is 0.667. The number of hydrogen-bond donors (Lipinski definition) is 3. The highest BCUT2D eigenvalue weighted by molar-refractivity contribution is 5.78. The Morgan fingerprint density at radius 3 is 2.82 bits per heavy atom. The van der Waals surface area contributed by atoms with Crippen LogP contribution in [0.3, 0.4) is 0 Å². The van der Waals surface area contributed by atoms with E-state index >= 15 is 0 Å². The molecule has 1 aromatic rings. The molecule has 0 radical (unpaired) electrons. The first-order chi connectivity index (χ1) is 8.10. The second-order valence-electron chi connectivity index (χ2n) is 3.57. The minimum atomic E-state index is -0.703. The highest BCUT2D eigenvalue weighted by Gasteiger charge is 2.17. The third-order valence-electron chi connectivity index (χ3n) is 2.31. The number of aromatic nitrogens is 2. The van der Waals surface area contributed by atoms with Gasteiger partial charge in [0.05, 0.1) is 11.9 Å². The molecule has 1 rings (SSSR count). The lowest BCUT2D eigenvalue weighted by atomic mass is 10.2. The van der Waals surface area contributed by atoms with Gasteiger partial charge >= 0.3 is 0 Å². The molecule has 0 aliphatic heterocycles. The van der Waals surface area contributed by atoms with Crippen LogP contribution in [0.2, 0.25) is 0 Å². The molecule has 94 valence electrons. The summed E-state index contributed by atoms with van der Waals surface area (Å²) in [6.07, 6.45) is 1.90. The fraction of sp³-hybridized carbons (Fsp3) is 0.500. The van der Waals surface area contributed by atoms with Crippen LogP contribution >= 0.6 is 0 Å². The molecule has 1 heterocycles. The molecule has 5 N–H and O–H groups in total. The SMILES string of the molecule is CCC(C(N)=O)n1ncc(NCCN)cc1=O. The Labute approximate surface area is 98.8 Å². The molecule has 1 atom stereocenters. The molecular formula is C10H17N5O2. The smallest absolute Gasteiger partial charge is 0.269 e. The maximum absolute atomic E-state index is 11.7. The minimum Gasteiger partial charge on any atom is -0.382 e. The molecule has 7 nitrogen and oxygen atoms in total. The highest BCUT2D eigenvalue weighted by atomic mass is 16.2. The molecule has 0 fully saturated rings. The Morgan fingerprint density at radius 1 is 1.65 bits per heavy atom. The van der Waals surface area contributed by atoms with Crippen LogP contribution in [0.5, 0.6) is 0 Å². The monoisotopic (exact) mass is 239 g/mol. The van der Waals surface area contributed by atoms with Crippen molar-refractivity contribution in [3.63, 3.8) is 0 Å². The van der Waals surface area contributed by atoms with Crippen molar-refractivity contribution in [3.8, 4) is 0 Å². The summed E-state index contributed by atoms with van der Waals surface area (Å²) in [4.78, 5) is 22.9. The Bertz CT molecular complexity index is 443. The normalized spacial score (nSPS) is 12.1. The first-order valence-electron chi connectivity index (χ1n) is 5.42. The fourth-order valence-corrected chi connectivity index (χ4v) is 1.46. The summed E-state index contributed by atoms with van der Waals surface area (Å²) in [7, 11) is 0. The summed E-state index contributed by atoms with van der Waals surface area (Å²) in [5.41, 5.74) is 10.7. The number of hydrogen-bond acceptors (Lipinski definition) is 5. The maximum atomic E-state index is 11.7. The van der Waals surface area contributed by atoms with E-state index in [0.717, 1.165) is 4.68 Å². The molecule has 0 saturated heterocycles. The lowest BCUT2D eigenvalue weighted by Gasteiger charge is -2.13. The van der Waals surface area contributed by atoms with Gasteiger partial charge < -0.3 is 16.8 Å². The Balaban J connectivity index is 2.96. The summed E-state index contributed by atoms with van der Waals surface area (Å²) >= 11 is 0. The molecule has 0 bridgehead atoms. The van der Waals surface area contributed by atoms with Crippen molar-refractivity contribution in [1.82, 2.24) is 9.78 Å². The average Bonchev–Trinajstić information content (AvgIpc) is 2.29. The molecule has 17 heavy (non-hydrogen) atoms. The van der Waals surface area contributed by atoms with E-state index in [1.165, 1.54) is 12.3 Å². The molecule has 0 aliphatic rings. The Morgan fingerprint density at radius 2 is 2.35 bits per heavy atom. The molecule has 1 aromatic heterocycles. The van der Waals surface area contributed by atoms with Gasteiger partial charge in [-0.2, -0.15) is 5.10 Å². The first-order valence-corrected chi connectivity index (χ1v) is 5.42. The number of carbonyl (C=O) groups is 1. The van der Waals surface area contributed by atoms with Crippen LogP contribution in [0.25, 0.3) is 0 Å². The van der Waals surface area contributed by atoms with E-state index in [9.17, 15) is 9.59 Å². The zero-order valence-corrected chi connectivity index (χ0v) is 9.72. The summed E-state index contributed by atoms with van der Waals surface area (Å²) in [5, 5.41) is 6.86. The van der Waals surface area contributed by atoms with Crippen molar-refractivity contribution >= 4 is 11.6 Å². The van der Waals surface area contributed by atoms with Crippen molar-refractivity contribution in [2.45, 2.75) is 19.4 Å². The largest absolute Gasteiger partial charge is 0.382 e. The fourth-order valence-electron chi connectivity index (χ4n) is 1.46. The van der Waals surface area contributed by atoms with Gasteiger partial charge in [0.1, 0.15) is 6.04 Å². The quantitative estimate of drug-likeness (QED) is 0.592. The van der Waals surface area contributed by atoms with Gasteiger partial charge in [0, 0.05) is 19.2 Å². The third kappa shape index (κ3) is 3.28. The van der Waals surface area contributed by atoms with Crippen LogP contribution < -0.4 is 22.3 Å². The van der Waals surface area contributed by atoms with Gasteiger partial charge in [-0.3, -0.25) is 9.59 Å². The van der Waals surface area contributed by atoms with Gasteiger partial charge in [-0.25, -0.2) is 4.68 Å². The number of amides is 1. The molecule has 0 saturated carbocycles. The lowest BCUT2D eigenvalue weighted by Crippen LogP contribution is -2.35. The number of carbonyl (C=O) groups excluding carboxylic acids is 1. The predicted octanol–water partition coefficient (Wildman–Crippen LogP) is -0.950. The number of nitrogens with two attached hydrogens (primary N) is 2. The topological polar surface area (TPSA) is 116 Å².